The van der Waals surface area contributed by atoms with Gasteiger partial charge in [-0.25, -0.2) is 0 Å². The topological polar surface area (TPSA) is 64.9 Å². The van der Waals surface area contributed by atoms with Gasteiger partial charge in [-0.15, -0.1) is 0 Å². The van der Waals surface area contributed by atoms with Crippen LogP contribution in [-0.4, -0.2) is 16.3 Å². The highest BCUT2D eigenvalue weighted by Crippen LogP contribution is 2.21. The predicted octanol–water partition coefficient (Wildman–Crippen LogP) is 2.36. The average Bonchev–Trinajstić information content (AvgIpc) is 2.59. The highest BCUT2D eigenvalue weighted by Gasteiger charge is 2.31. The monoisotopic (exact) mass is 237 g/mol. The Balaban J connectivity index is 2.57. The summed E-state index contributed by atoms with van der Waals surface area (Å²) < 4.78 is 40.7. The van der Waals surface area contributed by atoms with Crippen LogP contribution in [0.15, 0.2) is 4.52 Å². The normalized spacial score (nSPS) is 14.1. The molecule has 0 aliphatic heterocycles. The second-order valence-corrected chi connectivity index (χ2v) is 3.59. The van der Waals surface area contributed by atoms with Gasteiger partial charge in [-0.3, -0.25) is 0 Å². The number of hydrogen-bond donors (Lipinski definition) is 1. The van der Waals surface area contributed by atoms with Crippen molar-refractivity contribution in [3.8, 4) is 0 Å². The molecule has 2 N–H and O–H groups in total. The second-order valence-electron chi connectivity index (χ2n) is 3.59. The van der Waals surface area contributed by atoms with Crippen LogP contribution in [0.5, 0.6) is 0 Å². The van der Waals surface area contributed by atoms with Crippen molar-refractivity contribution in [2.24, 2.45) is 5.73 Å². The first kappa shape index (κ1) is 13.0. The lowest BCUT2D eigenvalue weighted by molar-refractivity contribution is -0.128. The Labute approximate surface area is 91.0 Å². The number of rotatable bonds is 5. The maximum Gasteiger partial charge on any atom is 0.396 e. The molecule has 1 rings (SSSR count). The van der Waals surface area contributed by atoms with Crippen molar-refractivity contribution >= 4 is 0 Å². The van der Waals surface area contributed by atoms with E-state index >= 15 is 0 Å². The predicted molar refractivity (Wildman–Crippen MR) is 50.5 cm³/mol. The van der Waals surface area contributed by atoms with Gasteiger partial charge in [0.05, 0.1) is 6.04 Å². The second kappa shape index (κ2) is 5.29. The fourth-order valence-corrected chi connectivity index (χ4v) is 1.22. The first-order chi connectivity index (χ1) is 7.42. The molecule has 0 amide bonds. The fourth-order valence-electron chi connectivity index (χ4n) is 1.22. The third-order valence-electron chi connectivity index (χ3n) is 2.03. The zero-order valence-corrected chi connectivity index (χ0v) is 8.92. The van der Waals surface area contributed by atoms with Crippen LogP contribution in [0.2, 0.25) is 0 Å². The van der Waals surface area contributed by atoms with Crippen molar-refractivity contribution in [2.75, 3.05) is 0 Å². The van der Waals surface area contributed by atoms with E-state index in [-0.39, 0.29) is 11.7 Å². The molecule has 0 aliphatic carbocycles. The van der Waals surface area contributed by atoms with Gasteiger partial charge >= 0.3 is 6.18 Å². The molecule has 0 saturated carbocycles. The molecule has 0 bridgehead atoms. The molecule has 0 spiro atoms. The third-order valence-corrected chi connectivity index (χ3v) is 2.03. The zero-order chi connectivity index (χ0) is 12.2. The van der Waals surface area contributed by atoms with Crippen molar-refractivity contribution in [1.82, 2.24) is 10.1 Å². The van der Waals surface area contributed by atoms with Crippen molar-refractivity contribution in [1.29, 1.82) is 0 Å². The maximum absolute atomic E-state index is 12.0. The molecular formula is C9H14F3N3O. The summed E-state index contributed by atoms with van der Waals surface area (Å²) in [6.45, 7) is 2.00. The summed E-state index contributed by atoms with van der Waals surface area (Å²) in [4.78, 5) is 3.63. The Morgan fingerprint density at radius 1 is 1.44 bits per heavy atom. The van der Waals surface area contributed by atoms with Gasteiger partial charge in [0, 0.05) is 0 Å². The van der Waals surface area contributed by atoms with Crippen molar-refractivity contribution in [3.05, 3.63) is 11.7 Å². The Bertz CT molecular complexity index is 324. The summed E-state index contributed by atoms with van der Waals surface area (Å²) in [6.07, 6.45) is -3.05. The molecule has 1 atom stereocenters. The van der Waals surface area contributed by atoms with E-state index in [1.807, 2.05) is 6.92 Å². The lowest BCUT2D eigenvalue weighted by atomic mass is 10.1. The zero-order valence-electron chi connectivity index (χ0n) is 8.92. The Kier molecular flexibility index (Phi) is 4.28. The molecule has 92 valence electrons. The Morgan fingerprint density at radius 2 is 2.12 bits per heavy atom. The van der Waals surface area contributed by atoms with Gasteiger partial charge in [0.1, 0.15) is 6.42 Å². The van der Waals surface area contributed by atoms with Crippen LogP contribution < -0.4 is 5.73 Å². The van der Waals surface area contributed by atoms with Gasteiger partial charge in [0.15, 0.2) is 5.82 Å². The van der Waals surface area contributed by atoms with E-state index in [0.29, 0.717) is 6.42 Å². The summed E-state index contributed by atoms with van der Waals surface area (Å²) in [6, 6.07) is -0.477. The van der Waals surface area contributed by atoms with Crippen LogP contribution in [0, 0.1) is 0 Å². The fraction of sp³-hybridized carbons (Fsp3) is 0.778. The van der Waals surface area contributed by atoms with Crippen LogP contribution >= 0.6 is 0 Å². The number of aromatic nitrogens is 2. The average molecular weight is 237 g/mol. The molecule has 0 radical (unpaired) electrons. The van der Waals surface area contributed by atoms with Crippen LogP contribution in [0.3, 0.4) is 0 Å². The quantitative estimate of drug-likeness (QED) is 0.853. The van der Waals surface area contributed by atoms with Gasteiger partial charge in [0.25, 0.3) is 0 Å². The molecule has 0 aromatic carbocycles. The minimum atomic E-state index is -4.32. The van der Waals surface area contributed by atoms with Crippen LogP contribution in [0.1, 0.15) is 43.9 Å². The van der Waals surface area contributed by atoms with E-state index in [9.17, 15) is 13.2 Å². The number of alkyl halides is 3. The SMILES string of the molecule is CCCCC(N)c1nc(CC(F)(F)F)no1. The third kappa shape index (κ3) is 4.18. The molecule has 16 heavy (non-hydrogen) atoms. The largest absolute Gasteiger partial charge is 0.396 e. The number of unbranched alkanes of at least 4 members (excludes halogenated alkanes) is 1. The van der Waals surface area contributed by atoms with Gasteiger partial charge in [-0.1, -0.05) is 24.9 Å². The summed E-state index contributed by atoms with van der Waals surface area (Å²) in [5, 5.41) is 3.24. The van der Waals surface area contributed by atoms with Gasteiger partial charge in [-0.05, 0) is 6.42 Å². The van der Waals surface area contributed by atoms with E-state index in [1.165, 1.54) is 0 Å². The highest BCUT2D eigenvalue weighted by atomic mass is 19.4. The lowest BCUT2D eigenvalue weighted by Crippen LogP contribution is -2.14. The molecule has 0 saturated heterocycles. The number of hydrogen-bond acceptors (Lipinski definition) is 4. The first-order valence-corrected chi connectivity index (χ1v) is 5.07. The van der Waals surface area contributed by atoms with E-state index < -0.39 is 18.6 Å². The van der Waals surface area contributed by atoms with Crippen molar-refractivity contribution in [3.63, 3.8) is 0 Å². The van der Waals surface area contributed by atoms with Gasteiger partial charge in [-0.2, -0.15) is 18.2 Å². The minimum Gasteiger partial charge on any atom is -0.338 e. The summed E-state index contributed by atoms with van der Waals surface area (Å²) in [5.74, 6) is -0.290. The molecule has 0 aliphatic rings. The molecule has 1 heterocycles. The van der Waals surface area contributed by atoms with Gasteiger partial charge in [0.2, 0.25) is 5.89 Å². The van der Waals surface area contributed by atoms with Crippen molar-refractivity contribution < 1.29 is 17.7 Å². The van der Waals surface area contributed by atoms with E-state index in [0.717, 1.165) is 12.8 Å². The highest BCUT2D eigenvalue weighted by molar-refractivity contribution is 4.93. The van der Waals surface area contributed by atoms with E-state index in [1.54, 1.807) is 0 Å². The molecule has 1 unspecified atom stereocenters. The molecule has 4 nitrogen and oxygen atoms in total. The van der Waals surface area contributed by atoms with E-state index in [4.69, 9.17) is 5.73 Å². The summed E-state index contributed by atoms with van der Waals surface area (Å²) >= 11 is 0. The standard InChI is InChI=1S/C9H14F3N3O/c1-2-3-4-6(13)8-14-7(15-16-8)5-9(10,11)12/h6H,2-5,13H2,1H3. The summed E-state index contributed by atoms with van der Waals surface area (Å²) in [5.41, 5.74) is 5.68. The van der Waals surface area contributed by atoms with Crippen LogP contribution in [0.4, 0.5) is 13.2 Å². The summed E-state index contributed by atoms with van der Waals surface area (Å²) in [7, 11) is 0. The molecule has 1 aromatic rings. The Morgan fingerprint density at radius 3 is 2.69 bits per heavy atom. The smallest absolute Gasteiger partial charge is 0.338 e. The molecular weight excluding hydrogens is 223 g/mol. The minimum absolute atomic E-state index is 0.0766. The molecule has 0 fully saturated rings. The van der Waals surface area contributed by atoms with Crippen LogP contribution in [0.25, 0.3) is 0 Å². The van der Waals surface area contributed by atoms with Crippen LogP contribution in [-0.2, 0) is 6.42 Å². The maximum atomic E-state index is 12.0. The number of nitrogens with two attached hydrogens (primary N) is 1. The molecule has 7 heteroatoms. The lowest BCUT2D eigenvalue weighted by Gasteiger charge is -2.04. The number of halogens is 3. The van der Waals surface area contributed by atoms with E-state index in [2.05, 4.69) is 14.7 Å². The molecule has 1 aromatic heterocycles. The van der Waals surface area contributed by atoms with Crippen molar-refractivity contribution in [2.45, 2.75) is 44.8 Å². The van der Waals surface area contributed by atoms with Gasteiger partial charge < -0.3 is 10.3 Å². The Hall–Kier alpha value is -1.11. The number of nitrogens with zero attached hydrogens (tertiary/aromatic N) is 2. The first-order valence-electron chi connectivity index (χ1n) is 5.07.